The molecule has 88 valence electrons. The van der Waals surface area contributed by atoms with Gasteiger partial charge < -0.3 is 10.2 Å². The standard InChI is InChI=1S/C11H13N5O/c1-7-5-8(6-12)14-11(13-7)15-9-3-4-16(2)10(9)17/h5,9H,3-4H2,1-2H3,(H,13,14,15). The molecule has 0 aliphatic carbocycles. The van der Waals surface area contributed by atoms with Gasteiger partial charge in [-0.3, -0.25) is 4.79 Å². The molecule has 2 heterocycles. The Hall–Kier alpha value is -2.16. The van der Waals surface area contributed by atoms with Crippen LogP contribution >= 0.6 is 0 Å². The van der Waals surface area contributed by atoms with Crippen LogP contribution in [-0.4, -0.2) is 40.4 Å². The lowest BCUT2D eigenvalue weighted by atomic mass is 10.2. The number of amides is 1. The van der Waals surface area contributed by atoms with Crippen molar-refractivity contribution in [3.63, 3.8) is 0 Å². The highest BCUT2D eigenvalue weighted by Gasteiger charge is 2.29. The lowest BCUT2D eigenvalue weighted by Gasteiger charge is -2.12. The first kappa shape index (κ1) is 11.3. The Morgan fingerprint density at radius 1 is 1.59 bits per heavy atom. The van der Waals surface area contributed by atoms with Crippen molar-refractivity contribution in [2.24, 2.45) is 0 Å². The Balaban J connectivity index is 2.17. The van der Waals surface area contributed by atoms with Crippen molar-refractivity contribution in [2.45, 2.75) is 19.4 Å². The molecular formula is C11H13N5O. The first-order valence-corrected chi connectivity index (χ1v) is 5.37. The Morgan fingerprint density at radius 3 is 2.94 bits per heavy atom. The molecule has 1 fully saturated rings. The molecular weight excluding hydrogens is 218 g/mol. The molecule has 0 aromatic carbocycles. The van der Waals surface area contributed by atoms with Crippen molar-refractivity contribution in [3.8, 4) is 6.07 Å². The molecule has 0 saturated carbocycles. The minimum atomic E-state index is -0.284. The largest absolute Gasteiger partial charge is 0.344 e. The van der Waals surface area contributed by atoms with E-state index in [1.54, 1.807) is 24.9 Å². The van der Waals surface area contributed by atoms with E-state index in [0.29, 0.717) is 17.3 Å². The summed E-state index contributed by atoms with van der Waals surface area (Å²) in [4.78, 5) is 21.5. The van der Waals surface area contributed by atoms with Gasteiger partial charge in [0.25, 0.3) is 0 Å². The predicted molar refractivity (Wildman–Crippen MR) is 61.1 cm³/mol. The first-order chi connectivity index (χ1) is 8.10. The molecule has 1 N–H and O–H groups in total. The van der Waals surface area contributed by atoms with Crippen LogP contribution in [0.5, 0.6) is 0 Å². The summed E-state index contributed by atoms with van der Waals surface area (Å²) in [7, 11) is 1.77. The van der Waals surface area contributed by atoms with Crippen molar-refractivity contribution in [1.29, 1.82) is 5.26 Å². The molecule has 0 radical (unpaired) electrons. The van der Waals surface area contributed by atoms with Gasteiger partial charge in [-0.05, 0) is 19.4 Å². The van der Waals surface area contributed by atoms with Crippen molar-refractivity contribution < 1.29 is 4.79 Å². The van der Waals surface area contributed by atoms with Gasteiger partial charge in [-0.15, -0.1) is 0 Å². The van der Waals surface area contributed by atoms with Gasteiger partial charge in [0.1, 0.15) is 17.8 Å². The van der Waals surface area contributed by atoms with E-state index in [4.69, 9.17) is 5.26 Å². The minimum absolute atomic E-state index is 0.0358. The quantitative estimate of drug-likeness (QED) is 0.791. The topological polar surface area (TPSA) is 81.9 Å². The minimum Gasteiger partial charge on any atom is -0.344 e. The zero-order valence-corrected chi connectivity index (χ0v) is 9.77. The van der Waals surface area contributed by atoms with Gasteiger partial charge in [0.2, 0.25) is 11.9 Å². The fraction of sp³-hybridized carbons (Fsp3) is 0.455. The number of aryl methyl sites for hydroxylation is 1. The van der Waals surface area contributed by atoms with Gasteiger partial charge in [0.05, 0.1) is 0 Å². The number of nitriles is 1. The number of carbonyl (C=O) groups excluding carboxylic acids is 1. The summed E-state index contributed by atoms with van der Waals surface area (Å²) in [6.07, 6.45) is 0.731. The van der Waals surface area contributed by atoms with Crippen LogP contribution in [0.15, 0.2) is 6.07 Å². The number of likely N-dealkylation sites (tertiary alicyclic amines) is 1. The summed E-state index contributed by atoms with van der Waals surface area (Å²) in [5, 5.41) is 11.8. The van der Waals surface area contributed by atoms with Gasteiger partial charge in [-0.1, -0.05) is 0 Å². The Kier molecular flexibility index (Phi) is 2.91. The molecule has 1 unspecified atom stereocenters. The molecule has 2 rings (SSSR count). The van der Waals surface area contributed by atoms with E-state index in [9.17, 15) is 4.79 Å². The second-order valence-electron chi connectivity index (χ2n) is 4.08. The van der Waals surface area contributed by atoms with Crippen LogP contribution in [0.4, 0.5) is 5.95 Å². The molecule has 1 atom stereocenters. The summed E-state index contributed by atoms with van der Waals surface area (Å²) in [5.74, 6) is 0.379. The van der Waals surface area contributed by atoms with Crippen LogP contribution in [0.1, 0.15) is 17.8 Å². The maximum atomic E-state index is 11.7. The van der Waals surface area contributed by atoms with E-state index in [2.05, 4.69) is 15.3 Å². The zero-order valence-electron chi connectivity index (χ0n) is 9.77. The van der Waals surface area contributed by atoms with Crippen LogP contribution in [0.25, 0.3) is 0 Å². The van der Waals surface area contributed by atoms with Crippen LogP contribution in [0.2, 0.25) is 0 Å². The molecule has 1 aliphatic heterocycles. The number of carbonyl (C=O) groups is 1. The highest BCUT2D eigenvalue weighted by molar-refractivity contribution is 5.86. The molecule has 0 bridgehead atoms. The van der Waals surface area contributed by atoms with E-state index in [1.165, 1.54) is 0 Å². The maximum absolute atomic E-state index is 11.7. The van der Waals surface area contributed by atoms with Gasteiger partial charge in [-0.2, -0.15) is 5.26 Å². The van der Waals surface area contributed by atoms with E-state index >= 15 is 0 Å². The monoisotopic (exact) mass is 231 g/mol. The summed E-state index contributed by atoms with van der Waals surface area (Å²) in [6.45, 7) is 2.52. The molecule has 17 heavy (non-hydrogen) atoms. The van der Waals surface area contributed by atoms with Crippen molar-refractivity contribution in [1.82, 2.24) is 14.9 Å². The maximum Gasteiger partial charge on any atom is 0.244 e. The Labute approximate surface area is 99.3 Å². The Morgan fingerprint density at radius 2 is 2.35 bits per heavy atom. The number of nitrogens with one attached hydrogen (secondary N) is 1. The summed E-state index contributed by atoms with van der Waals surface area (Å²) in [6, 6.07) is 3.29. The number of anilines is 1. The fourth-order valence-electron chi connectivity index (χ4n) is 1.80. The fourth-order valence-corrected chi connectivity index (χ4v) is 1.80. The molecule has 0 spiro atoms. The predicted octanol–water partition coefficient (Wildman–Crippen LogP) is 0.299. The number of aromatic nitrogens is 2. The van der Waals surface area contributed by atoms with E-state index in [0.717, 1.165) is 13.0 Å². The van der Waals surface area contributed by atoms with Gasteiger partial charge in [0, 0.05) is 19.3 Å². The van der Waals surface area contributed by atoms with E-state index in [-0.39, 0.29) is 11.9 Å². The van der Waals surface area contributed by atoms with Crippen LogP contribution in [0.3, 0.4) is 0 Å². The average Bonchev–Trinajstić information content (AvgIpc) is 2.60. The number of hydrogen-bond acceptors (Lipinski definition) is 5. The smallest absolute Gasteiger partial charge is 0.244 e. The third kappa shape index (κ3) is 2.33. The van der Waals surface area contributed by atoms with Gasteiger partial charge in [0.15, 0.2) is 0 Å². The van der Waals surface area contributed by atoms with Crippen molar-refractivity contribution in [2.75, 3.05) is 18.9 Å². The summed E-state index contributed by atoms with van der Waals surface area (Å²) < 4.78 is 0. The number of rotatable bonds is 2. The highest BCUT2D eigenvalue weighted by atomic mass is 16.2. The Bertz CT molecular complexity index is 493. The summed E-state index contributed by atoms with van der Waals surface area (Å²) >= 11 is 0. The molecule has 1 aromatic rings. The van der Waals surface area contributed by atoms with Crippen molar-refractivity contribution in [3.05, 3.63) is 17.5 Å². The lowest BCUT2D eigenvalue weighted by Crippen LogP contribution is -2.31. The third-order valence-corrected chi connectivity index (χ3v) is 2.70. The lowest BCUT2D eigenvalue weighted by molar-refractivity contribution is -0.127. The van der Waals surface area contributed by atoms with Crippen LogP contribution in [-0.2, 0) is 4.79 Å². The molecule has 1 aliphatic rings. The SMILES string of the molecule is Cc1cc(C#N)nc(NC2CCN(C)C2=O)n1. The normalized spacial score (nSPS) is 19.2. The number of hydrogen-bond donors (Lipinski definition) is 1. The molecule has 6 heteroatoms. The third-order valence-electron chi connectivity index (χ3n) is 2.70. The second-order valence-corrected chi connectivity index (χ2v) is 4.08. The van der Waals surface area contributed by atoms with Crippen molar-refractivity contribution >= 4 is 11.9 Å². The number of nitrogens with zero attached hydrogens (tertiary/aromatic N) is 4. The van der Waals surface area contributed by atoms with Gasteiger partial charge >= 0.3 is 0 Å². The summed E-state index contributed by atoms with van der Waals surface area (Å²) in [5.41, 5.74) is 1.01. The van der Waals surface area contributed by atoms with Crippen LogP contribution < -0.4 is 5.32 Å². The second kappa shape index (κ2) is 4.37. The van der Waals surface area contributed by atoms with E-state index < -0.39 is 0 Å². The average molecular weight is 231 g/mol. The van der Waals surface area contributed by atoms with Crippen LogP contribution in [0, 0.1) is 18.3 Å². The molecule has 6 nitrogen and oxygen atoms in total. The first-order valence-electron chi connectivity index (χ1n) is 5.37. The molecule has 1 amide bonds. The van der Waals surface area contributed by atoms with E-state index in [1.807, 2.05) is 6.07 Å². The number of likely N-dealkylation sites (N-methyl/N-ethyl adjacent to an activating group) is 1. The highest BCUT2D eigenvalue weighted by Crippen LogP contribution is 2.13. The molecule has 1 aromatic heterocycles. The zero-order chi connectivity index (χ0) is 12.4. The van der Waals surface area contributed by atoms with Gasteiger partial charge in [-0.25, -0.2) is 9.97 Å². The molecule has 1 saturated heterocycles.